The van der Waals surface area contributed by atoms with E-state index in [1.165, 1.54) is 43.9 Å². The number of hydrogen-bond donors (Lipinski definition) is 1. The molecule has 0 amide bonds. The van der Waals surface area contributed by atoms with Gasteiger partial charge in [0.25, 0.3) is 0 Å². The fourth-order valence-corrected chi connectivity index (χ4v) is 5.78. The normalized spacial score (nSPS) is 14.1. The predicted octanol–water partition coefficient (Wildman–Crippen LogP) is 8.23. The van der Waals surface area contributed by atoms with Crippen LogP contribution >= 0.6 is 0 Å². The minimum atomic E-state index is 0.743. The molecule has 38 heavy (non-hydrogen) atoms. The van der Waals surface area contributed by atoms with Crippen molar-refractivity contribution in [1.29, 1.82) is 5.41 Å². The molecular weight excluding hydrogens is 464 g/mol. The van der Waals surface area contributed by atoms with Crippen LogP contribution in [0.5, 0.6) is 0 Å². The van der Waals surface area contributed by atoms with E-state index < -0.39 is 0 Å². The Morgan fingerprint density at radius 1 is 0.842 bits per heavy atom. The van der Waals surface area contributed by atoms with Crippen molar-refractivity contribution < 1.29 is 0 Å². The molecule has 1 N–H and O–H groups in total. The third kappa shape index (κ3) is 5.96. The van der Waals surface area contributed by atoms with Crippen molar-refractivity contribution in [2.75, 3.05) is 13.6 Å². The highest BCUT2D eigenvalue weighted by Gasteiger charge is 2.24. The summed E-state index contributed by atoms with van der Waals surface area (Å²) in [4.78, 5) is 7.34. The zero-order valence-electron chi connectivity index (χ0n) is 22.4. The van der Waals surface area contributed by atoms with E-state index >= 15 is 0 Å². The second-order valence-electron chi connectivity index (χ2n) is 10.4. The molecule has 1 aromatic heterocycles. The number of nitrogens with zero attached hydrogens (tertiary/aromatic N) is 3. The summed E-state index contributed by atoms with van der Waals surface area (Å²) >= 11 is 0. The van der Waals surface area contributed by atoms with Crippen molar-refractivity contribution in [3.05, 3.63) is 102 Å². The lowest BCUT2D eigenvalue weighted by molar-refractivity contribution is 0.300. The maximum Gasteiger partial charge on any atom is 0.144 e. The molecule has 1 aliphatic rings. The van der Waals surface area contributed by atoms with Gasteiger partial charge in [0.15, 0.2) is 0 Å². The second-order valence-corrected chi connectivity index (χ2v) is 10.4. The van der Waals surface area contributed by atoms with Gasteiger partial charge in [-0.1, -0.05) is 110 Å². The molecule has 1 aliphatic carbocycles. The summed E-state index contributed by atoms with van der Waals surface area (Å²) in [6.45, 7) is 1.81. The van der Waals surface area contributed by atoms with Crippen LogP contribution < -0.4 is 0 Å². The molecule has 4 aromatic rings. The largest absolute Gasteiger partial charge is 0.365 e. The number of aryl methyl sites for hydroxylation is 1. The zero-order valence-corrected chi connectivity index (χ0v) is 22.4. The second kappa shape index (κ2) is 12.6. The van der Waals surface area contributed by atoms with Crippen molar-refractivity contribution in [1.82, 2.24) is 9.47 Å². The number of nitrogens with one attached hydrogen (secondary N) is 1. The van der Waals surface area contributed by atoms with E-state index in [0.717, 1.165) is 59.2 Å². The van der Waals surface area contributed by atoms with Crippen LogP contribution in [0, 0.1) is 11.3 Å². The Morgan fingerprint density at radius 2 is 1.45 bits per heavy atom. The monoisotopic (exact) mass is 502 g/mol. The molecule has 1 heterocycles. The van der Waals surface area contributed by atoms with Crippen LogP contribution in [-0.2, 0) is 13.0 Å². The van der Waals surface area contributed by atoms with E-state index in [0.29, 0.717) is 0 Å². The molecule has 4 heteroatoms. The van der Waals surface area contributed by atoms with Crippen molar-refractivity contribution in [3.63, 3.8) is 0 Å². The van der Waals surface area contributed by atoms with Gasteiger partial charge in [-0.15, -0.1) is 0 Å². The first-order chi connectivity index (χ1) is 18.7. The van der Waals surface area contributed by atoms with Crippen molar-refractivity contribution in [2.24, 2.45) is 10.9 Å². The van der Waals surface area contributed by atoms with Crippen LogP contribution in [0.2, 0.25) is 0 Å². The Morgan fingerprint density at radius 3 is 2.08 bits per heavy atom. The Bertz CT molecular complexity index is 1330. The Hall–Kier alpha value is -3.92. The van der Waals surface area contributed by atoms with Crippen LogP contribution in [-0.4, -0.2) is 35.6 Å². The van der Waals surface area contributed by atoms with Crippen LogP contribution in [0.3, 0.4) is 0 Å². The summed E-state index contributed by atoms with van der Waals surface area (Å²) in [5.74, 6) is 1.59. The third-order valence-corrected chi connectivity index (χ3v) is 7.64. The summed E-state index contributed by atoms with van der Waals surface area (Å²) in [7, 11) is 2.13. The van der Waals surface area contributed by atoms with Crippen LogP contribution in [0.1, 0.15) is 43.2 Å². The number of aromatic nitrogens is 1. The first-order valence-electron chi connectivity index (χ1n) is 13.9. The Labute approximate surface area is 227 Å². The number of rotatable bonds is 10. The van der Waals surface area contributed by atoms with Crippen molar-refractivity contribution in [2.45, 2.75) is 45.1 Å². The van der Waals surface area contributed by atoms with Gasteiger partial charge in [0.05, 0.1) is 12.0 Å². The van der Waals surface area contributed by atoms with Gasteiger partial charge in [0, 0.05) is 37.5 Å². The molecule has 0 saturated heterocycles. The van der Waals surface area contributed by atoms with Gasteiger partial charge >= 0.3 is 0 Å². The molecule has 0 bridgehead atoms. The van der Waals surface area contributed by atoms with Gasteiger partial charge in [0.2, 0.25) is 0 Å². The summed E-state index contributed by atoms with van der Waals surface area (Å²) < 4.78 is 2.33. The number of benzene rings is 3. The van der Waals surface area contributed by atoms with Gasteiger partial charge in [-0.25, -0.2) is 4.99 Å². The molecule has 0 radical (unpaired) electrons. The van der Waals surface area contributed by atoms with Crippen molar-refractivity contribution >= 4 is 18.4 Å². The maximum atomic E-state index is 8.51. The summed E-state index contributed by atoms with van der Waals surface area (Å²) in [6, 6.07) is 31.6. The summed E-state index contributed by atoms with van der Waals surface area (Å²) in [6.07, 6.45) is 11.0. The lowest BCUT2D eigenvalue weighted by Crippen LogP contribution is -2.25. The lowest BCUT2D eigenvalue weighted by atomic mass is 9.89. The molecular formula is C34H38N4. The molecule has 3 aromatic carbocycles. The molecule has 1 saturated carbocycles. The standard InChI is InChI=1S/C34H38N4/c1-37(25-28-16-8-3-9-17-28)26-36-34-31(24-35)32(29-18-10-4-11-19-29)33(30-20-12-5-13-21-30)38(34)23-22-27-14-6-2-7-15-27/h2,4-7,10-15,18-21,24,26,28,35H,3,8-9,16-17,22-23,25H2,1H3. The Kier molecular flexibility index (Phi) is 8.49. The fourth-order valence-electron chi connectivity index (χ4n) is 5.78. The predicted molar refractivity (Wildman–Crippen MR) is 161 cm³/mol. The van der Waals surface area contributed by atoms with Crippen molar-refractivity contribution in [3.8, 4) is 22.4 Å². The fraction of sp³-hybridized carbons (Fsp3) is 0.294. The average molecular weight is 503 g/mol. The highest BCUT2D eigenvalue weighted by atomic mass is 15.2. The van der Waals surface area contributed by atoms with Gasteiger partial charge in [-0.05, 0) is 41.9 Å². The summed E-state index contributed by atoms with van der Waals surface area (Å²) in [5, 5.41) is 8.51. The van der Waals surface area contributed by atoms with E-state index in [1.807, 2.05) is 12.4 Å². The molecule has 0 atom stereocenters. The van der Waals surface area contributed by atoms with Crippen LogP contribution in [0.4, 0.5) is 5.82 Å². The molecule has 4 nitrogen and oxygen atoms in total. The minimum Gasteiger partial charge on any atom is -0.365 e. The van der Waals surface area contributed by atoms with Crippen LogP contribution in [0.15, 0.2) is 96.0 Å². The lowest BCUT2D eigenvalue weighted by Gasteiger charge is -2.25. The minimum absolute atomic E-state index is 0.743. The van der Waals surface area contributed by atoms with Gasteiger partial charge < -0.3 is 14.9 Å². The van der Waals surface area contributed by atoms with Gasteiger partial charge in [-0.3, -0.25) is 0 Å². The number of aliphatic imine (C=N–C) groups is 1. The topological polar surface area (TPSA) is 44.4 Å². The molecule has 5 rings (SSSR count). The summed E-state index contributed by atoms with van der Waals surface area (Å²) in [5.41, 5.74) is 6.60. The molecule has 0 unspecified atom stereocenters. The van der Waals surface area contributed by atoms with E-state index in [9.17, 15) is 0 Å². The Balaban J connectivity index is 1.61. The van der Waals surface area contributed by atoms with E-state index in [-0.39, 0.29) is 0 Å². The van der Waals surface area contributed by atoms with E-state index in [1.54, 1.807) is 0 Å². The average Bonchev–Trinajstić information content (AvgIpc) is 3.30. The van der Waals surface area contributed by atoms with E-state index in [2.05, 4.69) is 101 Å². The SMILES string of the molecule is CN(C=Nc1c(C=N)c(-c2ccccc2)c(-c2ccccc2)n1CCc1ccccc1)CC1CCCCC1. The third-order valence-electron chi connectivity index (χ3n) is 7.64. The molecule has 1 fully saturated rings. The number of hydrogen-bond acceptors (Lipinski definition) is 2. The highest BCUT2D eigenvalue weighted by molar-refractivity contribution is 6.01. The first-order valence-corrected chi connectivity index (χ1v) is 13.9. The van der Waals surface area contributed by atoms with Gasteiger partial charge in [0.1, 0.15) is 5.82 Å². The van der Waals surface area contributed by atoms with E-state index in [4.69, 9.17) is 10.4 Å². The van der Waals surface area contributed by atoms with Crippen LogP contribution in [0.25, 0.3) is 22.4 Å². The smallest absolute Gasteiger partial charge is 0.144 e. The first kappa shape index (κ1) is 25.7. The molecule has 194 valence electrons. The molecule has 0 aliphatic heterocycles. The maximum absolute atomic E-state index is 8.51. The highest BCUT2D eigenvalue weighted by Crippen LogP contribution is 2.42. The quantitative estimate of drug-likeness (QED) is 0.172. The zero-order chi connectivity index (χ0) is 26.2. The van der Waals surface area contributed by atoms with Gasteiger partial charge in [-0.2, -0.15) is 0 Å². The molecule has 0 spiro atoms.